The van der Waals surface area contributed by atoms with E-state index in [1.807, 2.05) is 12.1 Å². The van der Waals surface area contributed by atoms with E-state index in [1.54, 1.807) is 0 Å². The van der Waals surface area contributed by atoms with Gasteiger partial charge in [-0.3, -0.25) is 0 Å². The fraction of sp³-hybridized carbons (Fsp3) is 0.619. The molecule has 2 unspecified atom stereocenters. The van der Waals surface area contributed by atoms with Crippen LogP contribution in [-0.2, 0) is 6.42 Å². The first-order chi connectivity index (χ1) is 10.9. The average molecular weight is 314 g/mol. The summed E-state index contributed by atoms with van der Waals surface area (Å²) >= 11 is 0. The van der Waals surface area contributed by atoms with E-state index in [-0.39, 0.29) is 5.60 Å². The summed E-state index contributed by atoms with van der Waals surface area (Å²) in [6.45, 7) is 8.87. The molecular weight excluding hydrogens is 284 g/mol. The summed E-state index contributed by atoms with van der Waals surface area (Å²) in [6, 6.07) is 3.78. The SMILES string of the molecule is CCCCCc1cc(O)cc2c1C1C=C(C)CCC1C(C)(C)O2. The molecule has 1 N–H and O–H groups in total. The Morgan fingerprint density at radius 3 is 2.78 bits per heavy atom. The second kappa shape index (κ2) is 6.22. The third-order valence-corrected chi connectivity index (χ3v) is 5.61. The van der Waals surface area contributed by atoms with E-state index >= 15 is 0 Å². The number of phenols is 1. The second-order valence-corrected chi connectivity index (χ2v) is 7.86. The van der Waals surface area contributed by atoms with Crippen molar-refractivity contribution in [3.63, 3.8) is 0 Å². The van der Waals surface area contributed by atoms with Gasteiger partial charge in [-0.1, -0.05) is 31.4 Å². The maximum Gasteiger partial charge on any atom is 0.127 e. The molecule has 1 aromatic rings. The van der Waals surface area contributed by atoms with Gasteiger partial charge in [0.1, 0.15) is 17.1 Å². The van der Waals surface area contributed by atoms with Crippen molar-refractivity contribution in [2.24, 2.45) is 5.92 Å². The first kappa shape index (κ1) is 16.4. The number of allylic oxidation sites excluding steroid dienone is 2. The minimum absolute atomic E-state index is 0.177. The Morgan fingerprint density at radius 1 is 1.26 bits per heavy atom. The van der Waals surface area contributed by atoms with Crippen LogP contribution < -0.4 is 4.74 Å². The Hall–Kier alpha value is -1.44. The van der Waals surface area contributed by atoms with Crippen molar-refractivity contribution in [2.45, 2.75) is 77.7 Å². The summed E-state index contributed by atoms with van der Waals surface area (Å²) in [5.74, 6) is 2.18. The molecule has 0 radical (unpaired) electrons. The molecule has 0 spiro atoms. The molecule has 23 heavy (non-hydrogen) atoms. The number of hydrogen-bond donors (Lipinski definition) is 1. The molecule has 0 saturated carbocycles. The fourth-order valence-corrected chi connectivity index (χ4v) is 4.40. The topological polar surface area (TPSA) is 29.5 Å². The zero-order valence-corrected chi connectivity index (χ0v) is 15.0. The highest BCUT2D eigenvalue weighted by Crippen LogP contribution is 2.52. The molecular formula is C21H30O2. The quantitative estimate of drug-likeness (QED) is 0.567. The molecule has 0 aromatic heterocycles. The van der Waals surface area contributed by atoms with Crippen LogP contribution in [0.5, 0.6) is 11.5 Å². The Morgan fingerprint density at radius 2 is 2.04 bits per heavy atom. The zero-order valence-electron chi connectivity index (χ0n) is 15.0. The molecule has 2 nitrogen and oxygen atoms in total. The molecule has 0 bridgehead atoms. The van der Waals surface area contributed by atoms with E-state index < -0.39 is 0 Å². The van der Waals surface area contributed by atoms with Gasteiger partial charge in [0.25, 0.3) is 0 Å². The predicted octanol–water partition coefficient (Wildman–Crippen LogP) is 5.74. The summed E-state index contributed by atoms with van der Waals surface area (Å²) in [5.41, 5.74) is 3.93. The number of unbranched alkanes of at least 4 members (excludes halogenated alkanes) is 2. The van der Waals surface area contributed by atoms with Gasteiger partial charge in [-0.2, -0.15) is 0 Å². The monoisotopic (exact) mass is 314 g/mol. The predicted molar refractivity (Wildman–Crippen MR) is 95.3 cm³/mol. The first-order valence-electron chi connectivity index (χ1n) is 9.14. The number of aryl methyl sites for hydroxylation is 1. The van der Waals surface area contributed by atoms with E-state index in [0.717, 1.165) is 12.2 Å². The van der Waals surface area contributed by atoms with Crippen molar-refractivity contribution in [3.05, 3.63) is 34.9 Å². The number of ether oxygens (including phenoxy) is 1. The molecule has 0 amide bonds. The Balaban J connectivity index is 2.06. The van der Waals surface area contributed by atoms with Gasteiger partial charge in [-0.05, 0) is 58.1 Å². The lowest BCUT2D eigenvalue weighted by molar-refractivity contribution is 0.0111. The highest BCUT2D eigenvalue weighted by Gasteiger charge is 2.44. The van der Waals surface area contributed by atoms with Crippen molar-refractivity contribution in [2.75, 3.05) is 0 Å². The maximum atomic E-state index is 10.1. The molecule has 1 aliphatic heterocycles. The minimum Gasteiger partial charge on any atom is -0.508 e. The summed E-state index contributed by atoms with van der Waals surface area (Å²) in [4.78, 5) is 0. The Labute approximate surface area is 140 Å². The summed E-state index contributed by atoms with van der Waals surface area (Å²) in [6.07, 6.45) is 9.48. The molecule has 2 aliphatic rings. The van der Waals surface area contributed by atoms with E-state index in [2.05, 4.69) is 33.8 Å². The molecule has 1 aromatic carbocycles. The number of aromatic hydroxyl groups is 1. The lowest BCUT2D eigenvalue weighted by atomic mass is 9.67. The Kier molecular flexibility index (Phi) is 4.44. The van der Waals surface area contributed by atoms with Crippen molar-refractivity contribution in [1.29, 1.82) is 0 Å². The van der Waals surface area contributed by atoms with Crippen molar-refractivity contribution in [3.8, 4) is 11.5 Å². The summed E-state index contributed by atoms with van der Waals surface area (Å²) < 4.78 is 6.36. The van der Waals surface area contributed by atoms with Gasteiger partial charge >= 0.3 is 0 Å². The normalized spacial score (nSPS) is 25.1. The van der Waals surface area contributed by atoms with Crippen LogP contribution in [-0.4, -0.2) is 10.7 Å². The standard InChI is InChI=1S/C21H30O2/c1-5-6-7-8-15-12-16(22)13-19-20(15)17-11-14(2)9-10-18(17)21(3,4)23-19/h11-13,17-18,22H,5-10H2,1-4H3. The fourth-order valence-electron chi connectivity index (χ4n) is 4.40. The van der Waals surface area contributed by atoms with Gasteiger partial charge < -0.3 is 9.84 Å². The van der Waals surface area contributed by atoms with Crippen LogP contribution in [0.4, 0.5) is 0 Å². The summed E-state index contributed by atoms with van der Waals surface area (Å²) in [7, 11) is 0. The van der Waals surface area contributed by atoms with E-state index in [0.29, 0.717) is 17.6 Å². The maximum absolute atomic E-state index is 10.1. The lowest BCUT2D eigenvalue weighted by Crippen LogP contribution is -2.45. The molecule has 2 heteroatoms. The average Bonchev–Trinajstić information content (AvgIpc) is 2.45. The van der Waals surface area contributed by atoms with Crippen molar-refractivity contribution >= 4 is 0 Å². The Bertz CT molecular complexity index is 613. The number of fused-ring (bicyclic) bond motifs is 3. The highest BCUT2D eigenvalue weighted by atomic mass is 16.5. The molecule has 126 valence electrons. The van der Waals surface area contributed by atoms with Crippen LogP contribution in [0.1, 0.15) is 76.8 Å². The van der Waals surface area contributed by atoms with Gasteiger partial charge in [0.15, 0.2) is 0 Å². The zero-order chi connectivity index (χ0) is 16.6. The largest absolute Gasteiger partial charge is 0.508 e. The third kappa shape index (κ3) is 3.13. The number of benzene rings is 1. The number of rotatable bonds is 4. The van der Waals surface area contributed by atoms with Gasteiger partial charge in [0.2, 0.25) is 0 Å². The number of hydrogen-bond acceptors (Lipinski definition) is 2. The molecule has 0 fully saturated rings. The summed E-state index contributed by atoms with van der Waals surface area (Å²) in [5, 5.41) is 10.1. The van der Waals surface area contributed by atoms with E-state index in [1.165, 1.54) is 48.8 Å². The van der Waals surface area contributed by atoms with Crippen LogP contribution in [0.15, 0.2) is 23.8 Å². The van der Waals surface area contributed by atoms with Crippen LogP contribution in [0.3, 0.4) is 0 Å². The number of phenolic OH excluding ortho intramolecular Hbond substituents is 1. The van der Waals surface area contributed by atoms with E-state index in [9.17, 15) is 5.11 Å². The van der Waals surface area contributed by atoms with E-state index in [4.69, 9.17) is 4.74 Å². The van der Waals surface area contributed by atoms with Crippen LogP contribution >= 0.6 is 0 Å². The molecule has 1 aliphatic carbocycles. The van der Waals surface area contributed by atoms with Crippen LogP contribution in [0, 0.1) is 5.92 Å². The smallest absolute Gasteiger partial charge is 0.127 e. The first-order valence-corrected chi connectivity index (χ1v) is 9.14. The van der Waals surface area contributed by atoms with Gasteiger partial charge in [0.05, 0.1) is 0 Å². The molecule has 1 heterocycles. The van der Waals surface area contributed by atoms with Gasteiger partial charge in [0, 0.05) is 23.5 Å². The second-order valence-electron chi connectivity index (χ2n) is 7.86. The molecule has 2 atom stereocenters. The van der Waals surface area contributed by atoms with Gasteiger partial charge in [-0.15, -0.1) is 0 Å². The van der Waals surface area contributed by atoms with Crippen molar-refractivity contribution in [1.82, 2.24) is 0 Å². The molecule has 0 saturated heterocycles. The van der Waals surface area contributed by atoms with Crippen LogP contribution in [0.25, 0.3) is 0 Å². The van der Waals surface area contributed by atoms with Gasteiger partial charge in [-0.25, -0.2) is 0 Å². The minimum atomic E-state index is -0.177. The third-order valence-electron chi connectivity index (χ3n) is 5.61. The highest BCUT2D eigenvalue weighted by molar-refractivity contribution is 5.52. The molecule has 3 rings (SSSR count). The van der Waals surface area contributed by atoms with Crippen LogP contribution in [0.2, 0.25) is 0 Å². The van der Waals surface area contributed by atoms with Crippen molar-refractivity contribution < 1.29 is 9.84 Å². The lowest BCUT2D eigenvalue weighted by Gasteiger charge is -2.47.